The SMILES string of the molecule is Cc1c(-c2cc(N3C(=O)C4CC5C(=CCC6C(=O)N(c7cccc(C(=O)O)c7)C(=O)C65)C(c5ccc(OCc6ccccc6)cc5O)C4(C)C3=O)n(C)n2)sc2ccc(Cl)cc12. The molecule has 6 unspecified atom stereocenters. The van der Waals surface area contributed by atoms with Crippen LogP contribution in [0.4, 0.5) is 11.5 Å². The molecule has 12 nitrogen and oxygen atoms in total. The highest BCUT2D eigenvalue weighted by molar-refractivity contribution is 7.22. The molecule has 62 heavy (non-hydrogen) atoms. The molecule has 312 valence electrons. The zero-order valence-corrected chi connectivity index (χ0v) is 35.3. The normalized spacial score (nSPS) is 24.3. The van der Waals surface area contributed by atoms with Gasteiger partial charge in [0.25, 0.3) is 0 Å². The highest BCUT2D eigenvalue weighted by atomic mass is 35.5. The Labute approximate surface area is 364 Å². The lowest BCUT2D eigenvalue weighted by atomic mass is 9.51. The number of allylic oxidation sites excluding steroid dienone is 2. The monoisotopic (exact) mass is 866 g/mol. The van der Waals surface area contributed by atoms with Crippen LogP contribution >= 0.6 is 22.9 Å². The minimum atomic E-state index is -1.44. The van der Waals surface area contributed by atoms with E-state index in [1.54, 1.807) is 32.2 Å². The number of rotatable bonds is 8. The summed E-state index contributed by atoms with van der Waals surface area (Å²) in [4.78, 5) is 74.1. The number of anilines is 2. The van der Waals surface area contributed by atoms with Gasteiger partial charge in [-0.25, -0.2) is 9.69 Å². The van der Waals surface area contributed by atoms with Crippen molar-refractivity contribution in [2.75, 3.05) is 9.80 Å². The van der Waals surface area contributed by atoms with Crippen molar-refractivity contribution in [3.05, 3.63) is 136 Å². The fourth-order valence-corrected chi connectivity index (χ4v) is 11.7. The van der Waals surface area contributed by atoms with Crippen molar-refractivity contribution < 1.29 is 38.9 Å². The van der Waals surface area contributed by atoms with Crippen molar-refractivity contribution >= 4 is 74.1 Å². The van der Waals surface area contributed by atoms with Crippen molar-refractivity contribution in [2.24, 2.45) is 36.1 Å². The largest absolute Gasteiger partial charge is 0.508 e. The first kappa shape index (κ1) is 39.6. The lowest BCUT2D eigenvalue weighted by Crippen LogP contribution is -2.49. The van der Waals surface area contributed by atoms with E-state index < -0.39 is 64.6 Å². The Morgan fingerprint density at radius 1 is 0.919 bits per heavy atom. The van der Waals surface area contributed by atoms with Gasteiger partial charge in [0, 0.05) is 40.4 Å². The number of fused-ring (bicyclic) bond motifs is 5. The van der Waals surface area contributed by atoms with Crippen LogP contribution in [0.2, 0.25) is 5.02 Å². The van der Waals surface area contributed by atoms with Crippen molar-refractivity contribution in [3.8, 4) is 22.1 Å². The zero-order chi connectivity index (χ0) is 43.4. The number of carbonyl (C=O) groups excluding carboxylic acids is 4. The molecule has 6 atom stereocenters. The van der Waals surface area contributed by atoms with Gasteiger partial charge in [0.05, 0.1) is 39.3 Å². The third kappa shape index (κ3) is 5.93. The summed E-state index contributed by atoms with van der Waals surface area (Å²) in [5.41, 5.74) is 2.20. The number of ether oxygens (including phenoxy) is 1. The van der Waals surface area contributed by atoms with Crippen LogP contribution in [0.15, 0.2) is 109 Å². The third-order valence-corrected chi connectivity index (χ3v) is 14.9. The van der Waals surface area contributed by atoms with E-state index in [2.05, 4.69) is 0 Å². The van der Waals surface area contributed by atoms with Gasteiger partial charge < -0.3 is 14.9 Å². The Balaban J connectivity index is 1.06. The molecule has 4 heterocycles. The van der Waals surface area contributed by atoms with Gasteiger partial charge in [-0.2, -0.15) is 5.10 Å². The number of thiophene rings is 1. The Hall–Kier alpha value is -6.57. The molecular weight excluding hydrogens is 828 g/mol. The number of carbonyl (C=O) groups is 5. The Morgan fingerprint density at radius 3 is 2.47 bits per heavy atom. The van der Waals surface area contributed by atoms with Crippen LogP contribution in [0.5, 0.6) is 11.5 Å². The Bertz CT molecular complexity index is 2960. The summed E-state index contributed by atoms with van der Waals surface area (Å²) in [5.74, 6) is -6.76. The lowest BCUT2D eigenvalue weighted by molar-refractivity contribution is -0.131. The minimum absolute atomic E-state index is 0.0719. The second-order valence-corrected chi connectivity index (χ2v) is 18.2. The lowest BCUT2D eigenvalue weighted by Gasteiger charge is -2.49. The van der Waals surface area contributed by atoms with Crippen LogP contribution in [0.1, 0.15) is 52.7 Å². The first-order valence-electron chi connectivity index (χ1n) is 20.3. The number of phenols is 1. The number of benzene rings is 4. The molecule has 10 rings (SSSR count). The maximum Gasteiger partial charge on any atom is 0.335 e. The standard InChI is InChI=1S/C48H39ClN4O8S/c1-24-33-19-27(49)12-17-38(33)62-42(24)36-22-39(51(3)50-36)53-44(56)35-21-34-30(15-16-32-40(34)45(57)52(43(32)55)28-11-7-10-26(18-28)46(58)59)41(48(35,2)47(53)60)31-14-13-29(20-37(31)54)61-23-25-8-5-4-6-9-25/h4-15,17-20,22,32,34-35,40-41,54H,16,21,23H2,1-3H3,(H,58,59). The number of phenolic OH excluding ortho intramolecular Hbond substituents is 1. The number of aryl methyl sites for hydroxylation is 2. The first-order valence-corrected chi connectivity index (χ1v) is 21.5. The van der Waals surface area contributed by atoms with Gasteiger partial charge >= 0.3 is 5.97 Å². The van der Waals surface area contributed by atoms with Gasteiger partial charge in [0.15, 0.2) is 0 Å². The van der Waals surface area contributed by atoms with Crippen LogP contribution in [-0.4, -0.2) is 49.6 Å². The first-order chi connectivity index (χ1) is 29.8. The molecule has 2 N–H and O–H groups in total. The average Bonchev–Trinajstić information content (AvgIpc) is 3.93. The molecule has 0 bridgehead atoms. The van der Waals surface area contributed by atoms with E-state index in [1.807, 2.05) is 61.5 Å². The van der Waals surface area contributed by atoms with Gasteiger partial charge in [-0.3, -0.25) is 28.8 Å². The van der Waals surface area contributed by atoms with E-state index in [9.17, 15) is 24.6 Å². The van der Waals surface area contributed by atoms with E-state index in [4.69, 9.17) is 21.4 Å². The summed E-state index contributed by atoms with van der Waals surface area (Å²) in [7, 11) is 1.68. The topological polar surface area (TPSA) is 159 Å². The molecule has 0 radical (unpaired) electrons. The van der Waals surface area contributed by atoms with Crippen LogP contribution in [0.25, 0.3) is 20.7 Å². The maximum atomic E-state index is 15.3. The average molecular weight is 867 g/mol. The molecule has 3 fully saturated rings. The van der Waals surface area contributed by atoms with E-state index in [0.29, 0.717) is 27.6 Å². The molecule has 1 saturated carbocycles. The molecule has 0 spiro atoms. The number of hydrogen-bond donors (Lipinski definition) is 2. The smallest absolute Gasteiger partial charge is 0.335 e. The fourth-order valence-electron chi connectivity index (χ4n) is 10.4. The van der Waals surface area contributed by atoms with Crippen LogP contribution < -0.4 is 14.5 Å². The van der Waals surface area contributed by atoms with E-state index >= 15 is 9.59 Å². The summed E-state index contributed by atoms with van der Waals surface area (Å²) in [6.07, 6.45) is 2.16. The van der Waals surface area contributed by atoms with Gasteiger partial charge in [-0.05, 0) is 91.6 Å². The number of aromatic nitrogens is 2. The van der Waals surface area contributed by atoms with Crippen LogP contribution in [0, 0.1) is 36.0 Å². The molecule has 2 aromatic heterocycles. The number of imide groups is 2. The number of amides is 4. The molecule has 4 aromatic carbocycles. The molecular formula is C48H39ClN4O8S. The van der Waals surface area contributed by atoms with Crippen molar-refractivity contribution in [1.82, 2.24) is 9.78 Å². The molecule has 2 aliphatic carbocycles. The summed E-state index contributed by atoms with van der Waals surface area (Å²) >= 11 is 7.87. The molecule has 2 aliphatic heterocycles. The summed E-state index contributed by atoms with van der Waals surface area (Å²) < 4.78 is 8.59. The molecule has 4 aliphatic rings. The van der Waals surface area contributed by atoms with Crippen LogP contribution in [0.3, 0.4) is 0 Å². The Morgan fingerprint density at radius 2 is 1.71 bits per heavy atom. The number of halogens is 1. The summed E-state index contributed by atoms with van der Waals surface area (Å²) in [6.45, 7) is 4.00. The van der Waals surface area contributed by atoms with E-state index in [0.717, 1.165) is 31.0 Å². The molecule has 6 aromatic rings. The minimum Gasteiger partial charge on any atom is -0.508 e. The van der Waals surface area contributed by atoms with Gasteiger partial charge in [0.2, 0.25) is 23.6 Å². The number of hydrogen-bond acceptors (Lipinski definition) is 9. The Kier molecular flexibility index (Phi) is 9.27. The van der Waals surface area contributed by atoms with Crippen LogP contribution in [-0.2, 0) is 32.8 Å². The highest BCUT2D eigenvalue weighted by Gasteiger charge is 2.68. The maximum absolute atomic E-state index is 15.3. The predicted molar refractivity (Wildman–Crippen MR) is 233 cm³/mol. The third-order valence-electron chi connectivity index (χ3n) is 13.4. The number of nitrogens with zero attached hydrogens (tertiary/aromatic N) is 4. The summed E-state index contributed by atoms with van der Waals surface area (Å²) in [6, 6.07) is 27.7. The quantitative estimate of drug-likeness (QED) is 0.113. The van der Waals surface area contributed by atoms with Crippen molar-refractivity contribution in [2.45, 2.75) is 39.2 Å². The number of aromatic hydroxyl groups is 1. The second kappa shape index (κ2) is 14.5. The number of carboxylic acids is 1. The molecule has 14 heteroatoms. The molecule has 2 saturated heterocycles. The molecule has 4 amide bonds. The van der Waals surface area contributed by atoms with E-state index in [-0.39, 0.29) is 42.3 Å². The fraction of sp³-hybridized carbons (Fsp3) is 0.250. The van der Waals surface area contributed by atoms with Crippen molar-refractivity contribution in [3.63, 3.8) is 0 Å². The number of aromatic carboxylic acids is 1. The summed E-state index contributed by atoms with van der Waals surface area (Å²) in [5, 5.41) is 28.0. The van der Waals surface area contributed by atoms with Crippen molar-refractivity contribution in [1.29, 1.82) is 0 Å². The zero-order valence-electron chi connectivity index (χ0n) is 33.7. The van der Waals surface area contributed by atoms with Gasteiger partial charge in [-0.1, -0.05) is 65.7 Å². The highest BCUT2D eigenvalue weighted by Crippen LogP contribution is 2.64. The van der Waals surface area contributed by atoms with Gasteiger partial charge in [0.1, 0.15) is 29.6 Å². The predicted octanol–water partition coefficient (Wildman–Crippen LogP) is 8.68. The van der Waals surface area contributed by atoms with E-state index in [1.165, 1.54) is 51.3 Å². The number of carboxylic acid groups (broad SMARTS) is 1. The van der Waals surface area contributed by atoms with Gasteiger partial charge in [-0.15, -0.1) is 11.3 Å². The second-order valence-electron chi connectivity index (χ2n) is 16.7.